The van der Waals surface area contributed by atoms with Gasteiger partial charge in [0.1, 0.15) is 0 Å². The first-order valence-electron chi connectivity index (χ1n) is 7.30. The summed E-state index contributed by atoms with van der Waals surface area (Å²) in [6.45, 7) is 3.83. The molecule has 0 fully saturated rings. The minimum Gasteiger partial charge on any atom is -0.302 e. The molecule has 0 unspecified atom stereocenters. The van der Waals surface area contributed by atoms with Crippen molar-refractivity contribution >= 4 is 0 Å². The maximum atomic E-state index is 12.6. The quantitative estimate of drug-likeness (QED) is 0.861. The van der Waals surface area contributed by atoms with Crippen molar-refractivity contribution in [3.8, 4) is 11.3 Å². The predicted molar refractivity (Wildman–Crippen MR) is 80.3 cm³/mol. The molecule has 0 aliphatic heterocycles. The van der Waals surface area contributed by atoms with Gasteiger partial charge < -0.3 is 4.90 Å². The fourth-order valence-corrected chi connectivity index (χ4v) is 2.30. The van der Waals surface area contributed by atoms with E-state index in [4.69, 9.17) is 0 Å². The van der Waals surface area contributed by atoms with Gasteiger partial charge in [-0.2, -0.15) is 18.3 Å². The van der Waals surface area contributed by atoms with Crippen LogP contribution in [-0.2, 0) is 12.7 Å². The normalized spacial score (nSPS) is 12.1. The van der Waals surface area contributed by atoms with Crippen molar-refractivity contribution in [2.24, 2.45) is 0 Å². The summed E-state index contributed by atoms with van der Waals surface area (Å²) in [7, 11) is 2.03. The molecule has 0 aliphatic carbocycles. The zero-order valence-electron chi connectivity index (χ0n) is 12.7. The van der Waals surface area contributed by atoms with Gasteiger partial charge in [0.05, 0.1) is 17.5 Å². The van der Waals surface area contributed by atoms with Crippen LogP contribution in [0.5, 0.6) is 0 Å². The van der Waals surface area contributed by atoms with E-state index in [-0.39, 0.29) is 0 Å². The summed E-state index contributed by atoms with van der Waals surface area (Å²) < 4.78 is 37.8. The fourth-order valence-electron chi connectivity index (χ4n) is 2.30. The van der Waals surface area contributed by atoms with Gasteiger partial charge in [0.15, 0.2) is 0 Å². The highest BCUT2D eigenvalue weighted by atomic mass is 19.4. The second kappa shape index (κ2) is 6.96. The Morgan fingerprint density at radius 3 is 2.45 bits per heavy atom. The number of alkyl halides is 3. The summed E-state index contributed by atoms with van der Waals surface area (Å²) >= 11 is 0. The summed E-state index contributed by atoms with van der Waals surface area (Å²) in [4.78, 5) is 2.18. The summed E-state index contributed by atoms with van der Waals surface area (Å²) in [6, 6.07) is 5.15. The topological polar surface area (TPSA) is 31.9 Å². The van der Waals surface area contributed by atoms with Gasteiger partial charge in [-0.15, -0.1) is 0 Å². The van der Waals surface area contributed by atoms with Crippen LogP contribution in [0.25, 0.3) is 11.3 Å². The van der Waals surface area contributed by atoms with Gasteiger partial charge in [0.2, 0.25) is 0 Å². The van der Waals surface area contributed by atoms with Gasteiger partial charge in [0.25, 0.3) is 0 Å². The fraction of sp³-hybridized carbons (Fsp3) is 0.438. The molecule has 0 saturated carbocycles. The van der Waals surface area contributed by atoms with Crippen LogP contribution in [0.15, 0.2) is 30.5 Å². The SMILES string of the molecule is CCCCN(C)Cc1cn[nH]c1-c1ccc(C(F)(F)F)cc1. The molecule has 1 aromatic heterocycles. The van der Waals surface area contributed by atoms with E-state index in [0.717, 1.165) is 42.8 Å². The molecule has 1 N–H and O–H groups in total. The molecular weight excluding hydrogens is 291 g/mol. The van der Waals surface area contributed by atoms with Crippen molar-refractivity contribution in [2.75, 3.05) is 13.6 Å². The van der Waals surface area contributed by atoms with Crippen LogP contribution in [-0.4, -0.2) is 28.7 Å². The number of halogens is 3. The Balaban J connectivity index is 2.15. The van der Waals surface area contributed by atoms with E-state index >= 15 is 0 Å². The number of nitrogens with one attached hydrogen (secondary N) is 1. The molecule has 0 spiro atoms. The summed E-state index contributed by atoms with van der Waals surface area (Å²) in [5, 5.41) is 6.91. The van der Waals surface area contributed by atoms with E-state index in [0.29, 0.717) is 12.1 Å². The van der Waals surface area contributed by atoms with Gasteiger partial charge in [-0.3, -0.25) is 5.10 Å². The highest BCUT2D eigenvalue weighted by Crippen LogP contribution is 2.31. The minimum atomic E-state index is -4.31. The van der Waals surface area contributed by atoms with E-state index in [1.165, 1.54) is 12.1 Å². The molecule has 1 heterocycles. The molecule has 0 atom stereocenters. The molecule has 0 amide bonds. The Labute approximate surface area is 128 Å². The Bertz CT molecular complexity index is 587. The maximum Gasteiger partial charge on any atom is 0.416 e. The number of nitrogens with zero attached hydrogens (tertiary/aromatic N) is 2. The molecule has 2 aromatic rings. The molecule has 1 aromatic carbocycles. The average molecular weight is 311 g/mol. The lowest BCUT2D eigenvalue weighted by molar-refractivity contribution is -0.137. The van der Waals surface area contributed by atoms with Gasteiger partial charge in [-0.1, -0.05) is 25.5 Å². The van der Waals surface area contributed by atoms with Crippen LogP contribution in [0.3, 0.4) is 0 Å². The standard InChI is InChI=1S/C16H20F3N3/c1-3-4-9-22(2)11-13-10-20-21-15(13)12-5-7-14(8-6-12)16(17,18)19/h5-8,10H,3-4,9,11H2,1-2H3,(H,20,21). The van der Waals surface area contributed by atoms with Crippen molar-refractivity contribution < 1.29 is 13.2 Å². The zero-order chi connectivity index (χ0) is 16.2. The molecule has 0 saturated heterocycles. The zero-order valence-corrected chi connectivity index (χ0v) is 12.7. The first kappa shape index (κ1) is 16.5. The van der Waals surface area contributed by atoms with E-state index < -0.39 is 11.7 Å². The monoisotopic (exact) mass is 311 g/mol. The molecule has 0 bridgehead atoms. The van der Waals surface area contributed by atoms with Crippen molar-refractivity contribution in [1.29, 1.82) is 0 Å². The van der Waals surface area contributed by atoms with Crippen LogP contribution in [0.4, 0.5) is 13.2 Å². The molecule has 3 nitrogen and oxygen atoms in total. The van der Waals surface area contributed by atoms with Gasteiger partial charge in [0, 0.05) is 12.1 Å². The summed E-state index contributed by atoms with van der Waals surface area (Å²) in [5.74, 6) is 0. The number of unbranched alkanes of at least 4 members (excludes halogenated alkanes) is 1. The highest BCUT2D eigenvalue weighted by Gasteiger charge is 2.30. The van der Waals surface area contributed by atoms with Gasteiger partial charge in [-0.05, 0) is 37.7 Å². The minimum absolute atomic E-state index is 0.641. The molecular formula is C16H20F3N3. The Hall–Kier alpha value is -1.82. The molecule has 0 radical (unpaired) electrons. The number of hydrogen-bond donors (Lipinski definition) is 1. The second-order valence-corrected chi connectivity index (χ2v) is 5.44. The predicted octanol–water partition coefficient (Wildman–Crippen LogP) is 4.33. The van der Waals surface area contributed by atoms with Gasteiger partial charge in [-0.25, -0.2) is 0 Å². The Morgan fingerprint density at radius 2 is 1.86 bits per heavy atom. The molecule has 6 heteroatoms. The van der Waals surface area contributed by atoms with Crippen LogP contribution >= 0.6 is 0 Å². The third-order valence-corrected chi connectivity index (χ3v) is 3.55. The molecule has 0 aliphatic rings. The van der Waals surface area contributed by atoms with E-state index in [1.54, 1.807) is 6.20 Å². The Morgan fingerprint density at radius 1 is 1.18 bits per heavy atom. The second-order valence-electron chi connectivity index (χ2n) is 5.44. The van der Waals surface area contributed by atoms with Crippen LogP contribution in [0.1, 0.15) is 30.9 Å². The van der Waals surface area contributed by atoms with Crippen LogP contribution in [0.2, 0.25) is 0 Å². The lowest BCUT2D eigenvalue weighted by atomic mass is 10.1. The number of aromatic nitrogens is 2. The van der Waals surface area contributed by atoms with Crippen LogP contribution in [0, 0.1) is 0 Å². The number of rotatable bonds is 6. The lowest BCUT2D eigenvalue weighted by Crippen LogP contribution is -2.19. The van der Waals surface area contributed by atoms with E-state index in [2.05, 4.69) is 22.0 Å². The van der Waals surface area contributed by atoms with Gasteiger partial charge >= 0.3 is 6.18 Å². The van der Waals surface area contributed by atoms with E-state index in [1.807, 2.05) is 7.05 Å². The smallest absolute Gasteiger partial charge is 0.302 e. The molecule has 120 valence electrons. The number of aromatic amines is 1. The number of benzene rings is 1. The lowest BCUT2D eigenvalue weighted by Gasteiger charge is -2.16. The Kier molecular flexibility index (Phi) is 5.24. The maximum absolute atomic E-state index is 12.6. The van der Waals surface area contributed by atoms with Crippen molar-refractivity contribution in [2.45, 2.75) is 32.5 Å². The van der Waals surface area contributed by atoms with Crippen molar-refractivity contribution in [3.63, 3.8) is 0 Å². The average Bonchev–Trinajstić information content (AvgIpc) is 2.92. The number of H-pyrrole nitrogens is 1. The third kappa shape index (κ3) is 4.10. The van der Waals surface area contributed by atoms with Crippen LogP contribution < -0.4 is 0 Å². The molecule has 2 rings (SSSR count). The highest BCUT2D eigenvalue weighted by molar-refractivity contribution is 5.63. The summed E-state index contributed by atoms with van der Waals surface area (Å²) in [6.07, 6.45) is -0.337. The first-order chi connectivity index (χ1) is 10.4. The summed E-state index contributed by atoms with van der Waals surface area (Å²) in [5.41, 5.74) is 1.83. The van der Waals surface area contributed by atoms with E-state index in [9.17, 15) is 13.2 Å². The third-order valence-electron chi connectivity index (χ3n) is 3.55. The first-order valence-corrected chi connectivity index (χ1v) is 7.30. The van der Waals surface area contributed by atoms with Crippen molar-refractivity contribution in [3.05, 3.63) is 41.6 Å². The molecule has 22 heavy (non-hydrogen) atoms. The largest absolute Gasteiger partial charge is 0.416 e. The van der Waals surface area contributed by atoms with Crippen molar-refractivity contribution in [1.82, 2.24) is 15.1 Å². The number of hydrogen-bond acceptors (Lipinski definition) is 2.